The molecule has 0 saturated heterocycles. The van der Waals surface area contributed by atoms with E-state index in [4.69, 9.17) is 10.5 Å². The number of carbonyl (C=O) groups is 3. The molecule has 0 saturated carbocycles. The van der Waals surface area contributed by atoms with E-state index >= 15 is 0 Å². The van der Waals surface area contributed by atoms with Gasteiger partial charge in [-0.25, -0.2) is 4.79 Å². The summed E-state index contributed by atoms with van der Waals surface area (Å²) in [6, 6.07) is 16.6. The Morgan fingerprint density at radius 1 is 0.933 bits per heavy atom. The third-order valence-corrected chi connectivity index (χ3v) is 4.32. The van der Waals surface area contributed by atoms with Gasteiger partial charge in [-0.15, -0.1) is 6.58 Å². The quantitative estimate of drug-likeness (QED) is 0.524. The van der Waals surface area contributed by atoms with Gasteiger partial charge in [0.25, 0.3) is 0 Å². The minimum atomic E-state index is -0.942. The second-order valence-electron chi connectivity index (χ2n) is 7.07. The maximum Gasteiger partial charge on any atom is 0.408 e. The molecular weight excluding hydrogens is 382 g/mol. The van der Waals surface area contributed by atoms with E-state index in [1.54, 1.807) is 6.92 Å². The molecule has 0 aliphatic rings. The standard InChI is InChI=1S/C23H27N3O4/c1-16(2)13-19(21(24)27)25-22(28)20(14-17-9-5-3-6-10-17)26-23(29)30-15-18-11-7-4-8-12-18/h3-12,19-20H,1,13-15H2,2H3,(H2,24,27)(H,25,28)(H,26,29)/t19-,20+/m1/s1. The van der Waals surface area contributed by atoms with E-state index in [1.807, 2.05) is 60.7 Å². The first-order chi connectivity index (χ1) is 14.3. The molecule has 0 heterocycles. The summed E-state index contributed by atoms with van der Waals surface area (Å²) in [5.41, 5.74) is 7.77. The van der Waals surface area contributed by atoms with Crippen molar-refractivity contribution in [3.05, 3.63) is 83.9 Å². The SMILES string of the molecule is C=C(C)C[C@@H](NC(=O)[C@H](Cc1ccccc1)NC(=O)OCc1ccccc1)C(N)=O. The Hall–Kier alpha value is -3.61. The first-order valence-electron chi connectivity index (χ1n) is 9.60. The Balaban J connectivity index is 2.06. The second-order valence-corrected chi connectivity index (χ2v) is 7.07. The fraction of sp³-hybridized carbons (Fsp3) is 0.261. The van der Waals surface area contributed by atoms with Crippen molar-refractivity contribution in [2.24, 2.45) is 5.73 Å². The molecule has 2 aromatic rings. The van der Waals surface area contributed by atoms with Crippen LogP contribution in [0.5, 0.6) is 0 Å². The number of benzene rings is 2. The number of amides is 3. The molecule has 7 heteroatoms. The third-order valence-electron chi connectivity index (χ3n) is 4.32. The summed E-state index contributed by atoms with van der Waals surface area (Å²) in [4.78, 5) is 36.8. The molecule has 2 aromatic carbocycles. The van der Waals surface area contributed by atoms with Gasteiger partial charge in [0.1, 0.15) is 18.7 Å². The zero-order valence-corrected chi connectivity index (χ0v) is 17.0. The largest absolute Gasteiger partial charge is 0.445 e. The second kappa shape index (κ2) is 11.4. The van der Waals surface area contributed by atoms with Gasteiger partial charge >= 0.3 is 6.09 Å². The average molecular weight is 409 g/mol. The van der Waals surface area contributed by atoms with Gasteiger partial charge in [0.05, 0.1) is 0 Å². The number of rotatable bonds is 10. The van der Waals surface area contributed by atoms with E-state index in [1.165, 1.54) is 0 Å². The highest BCUT2D eigenvalue weighted by Crippen LogP contribution is 2.07. The molecule has 2 rings (SSSR count). The summed E-state index contributed by atoms with van der Waals surface area (Å²) in [6.07, 6.45) is -0.283. The minimum absolute atomic E-state index is 0.0753. The predicted molar refractivity (Wildman–Crippen MR) is 114 cm³/mol. The number of nitrogens with two attached hydrogens (primary N) is 1. The summed E-state index contributed by atoms with van der Waals surface area (Å²) in [7, 11) is 0. The van der Waals surface area contributed by atoms with Gasteiger partial charge in [-0.05, 0) is 24.5 Å². The molecule has 30 heavy (non-hydrogen) atoms. The van der Waals surface area contributed by atoms with Crippen molar-refractivity contribution in [1.29, 1.82) is 0 Å². The highest BCUT2D eigenvalue weighted by molar-refractivity contribution is 5.91. The molecule has 0 fully saturated rings. The molecule has 4 N–H and O–H groups in total. The molecule has 0 unspecified atom stereocenters. The minimum Gasteiger partial charge on any atom is -0.445 e. The molecule has 0 spiro atoms. The van der Waals surface area contributed by atoms with Crippen LogP contribution >= 0.6 is 0 Å². The average Bonchev–Trinajstić information content (AvgIpc) is 2.72. The van der Waals surface area contributed by atoms with Gasteiger partial charge in [-0.2, -0.15) is 0 Å². The van der Waals surface area contributed by atoms with Gasteiger partial charge in [0.2, 0.25) is 11.8 Å². The summed E-state index contributed by atoms with van der Waals surface area (Å²) >= 11 is 0. The van der Waals surface area contributed by atoms with Crippen LogP contribution in [0.15, 0.2) is 72.8 Å². The van der Waals surface area contributed by atoms with Gasteiger partial charge in [-0.1, -0.05) is 66.2 Å². The Labute approximate surface area is 176 Å². The van der Waals surface area contributed by atoms with Crippen LogP contribution in [0.25, 0.3) is 0 Å². The highest BCUT2D eigenvalue weighted by atomic mass is 16.5. The van der Waals surface area contributed by atoms with Crippen molar-refractivity contribution in [3.8, 4) is 0 Å². The number of hydrogen-bond acceptors (Lipinski definition) is 4. The van der Waals surface area contributed by atoms with Crippen LogP contribution in [0, 0.1) is 0 Å². The summed E-state index contributed by atoms with van der Waals surface area (Å²) in [6.45, 7) is 5.56. The van der Waals surface area contributed by atoms with Crippen LogP contribution in [0.4, 0.5) is 4.79 Å². The molecule has 3 amide bonds. The van der Waals surface area contributed by atoms with Crippen LogP contribution in [0.3, 0.4) is 0 Å². The maximum atomic E-state index is 12.8. The lowest BCUT2D eigenvalue weighted by atomic mass is 10.0. The Kier molecular flexibility index (Phi) is 8.62. The highest BCUT2D eigenvalue weighted by Gasteiger charge is 2.26. The lowest BCUT2D eigenvalue weighted by Crippen LogP contribution is -2.53. The number of nitrogens with one attached hydrogen (secondary N) is 2. The Morgan fingerprint density at radius 3 is 2.03 bits per heavy atom. The maximum absolute atomic E-state index is 12.8. The van der Waals surface area contributed by atoms with Crippen LogP contribution in [0.1, 0.15) is 24.5 Å². The van der Waals surface area contributed by atoms with Crippen molar-refractivity contribution in [1.82, 2.24) is 10.6 Å². The number of primary amides is 1. The summed E-state index contributed by atoms with van der Waals surface area (Å²) in [5, 5.41) is 5.19. The van der Waals surface area contributed by atoms with Crippen molar-refractivity contribution < 1.29 is 19.1 Å². The molecular formula is C23H27N3O4. The fourth-order valence-corrected chi connectivity index (χ4v) is 2.81. The number of ether oxygens (including phenoxy) is 1. The van der Waals surface area contributed by atoms with Crippen LogP contribution < -0.4 is 16.4 Å². The molecule has 0 aliphatic carbocycles. The topological polar surface area (TPSA) is 111 Å². The van der Waals surface area contributed by atoms with E-state index in [-0.39, 0.29) is 19.4 Å². The van der Waals surface area contributed by atoms with Crippen molar-refractivity contribution >= 4 is 17.9 Å². The van der Waals surface area contributed by atoms with Crippen molar-refractivity contribution in [3.63, 3.8) is 0 Å². The third kappa shape index (κ3) is 7.79. The summed E-state index contributed by atoms with van der Waals surface area (Å²) < 4.78 is 5.23. The molecule has 7 nitrogen and oxygen atoms in total. The molecule has 0 radical (unpaired) electrons. The van der Waals surface area contributed by atoms with Crippen LogP contribution in [-0.2, 0) is 27.4 Å². The number of hydrogen-bond donors (Lipinski definition) is 3. The zero-order chi connectivity index (χ0) is 21.9. The molecule has 0 aromatic heterocycles. The smallest absolute Gasteiger partial charge is 0.408 e. The van der Waals surface area contributed by atoms with Crippen LogP contribution in [0.2, 0.25) is 0 Å². The number of alkyl carbamates (subject to hydrolysis) is 1. The molecule has 158 valence electrons. The first-order valence-corrected chi connectivity index (χ1v) is 9.60. The lowest BCUT2D eigenvalue weighted by molar-refractivity contribution is -0.128. The predicted octanol–water partition coefficient (Wildman–Crippen LogP) is 2.46. The van der Waals surface area contributed by atoms with Gasteiger partial charge in [0.15, 0.2) is 0 Å². The van der Waals surface area contributed by atoms with Crippen LogP contribution in [-0.4, -0.2) is 30.0 Å². The summed E-state index contributed by atoms with van der Waals surface area (Å²) in [5.74, 6) is -1.20. The van der Waals surface area contributed by atoms with Gasteiger partial charge < -0.3 is 21.1 Å². The zero-order valence-electron chi connectivity index (χ0n) is 17.0. The van der Waals surface area contributed by atoms with Gasteiger partial charge in [0, 0.05) is 6.42 Å². The van der Waals surface area contributed by atoms with Gasteiger partial charge in [-0.3, -0.25) is 9.59 Å². The van der Waals surface area contributed by atoms with E-state index in [0.29, 0.717) is 5.57 Å². The normalized spacial score (nSPS) is 12.3. The Bertz CT molecular complexity index is 869. The first kappa shape index (κ1) is 22.7. The Morgan fingerprint density at radius 2 is 1.50 bits per heavy atom. The van der Waals surface area contributed by atoms with E-state index in [2.05, 4.69) is 17.2 Å². The molecule has 2 atom stereocenters. The molecule has 0 aliphatic heterocycles. The lowest BCUT2D eigenvalue weighted by Gasteiger charge is -2.22. The van der Waals surface area contributed by atoms with E-state index in [9.17, 15) is 14.4 Å². The molecule has 0 bridgehead atoms. The van der Waals surface area contributed by atoms with E-state index < -0.39 is 30.0 Å². The van der Waals surface area contributed by atoms with Crippen molar-refractivity contribution in [2.45, 2.75) is 38.5 Å². The monoisotopic (exact) mass is 409 g/mol. The number of carbonyl (C=O) groups excluding carboxylic acids is 3. The van der Waals surface area contributed by atoms with E-state index in [0.717, 1.165) is 11.1 Å². The fourth-order valence-electron chi connectivity index (χ4n) is 2.81. The van der Waals surface area contributed by atoms with Crippen molar-refractivity contribution in [2.75, 3.05) is 0 Å².